The van der Waals surface area contributed by atoms with Crippen LogP contribution in [0.4, 0.5) is 0 Å². The maximum Gasteiger partial charge on any atom is 0.0571 e. The Morgan fingerprint density at radius 1 is 1.38 bits per heavy atom. The van der Waals surface area contributed by atoms with Gasteiger partial charge in [-0.3, -0.25) is 0 Å². The molecule has 1 aliphatic carbocycles. The Labute approximate surface area is 50.7 Å². The van der Waals surface area contributed by atoms with Crippen LogP contribution < -0.4 is 0 Å². The molecule has 0 unspecified atom stereocenters. The van der Waals surface area contributed by atoms with Crippen molar-refractivity contribution in [3.8, 4) is 0 Å². The van der Waals surface area contributed by atoms with Crippen molar-refractivity contribution >= 4 is 0 Å². The van der Waals surface area contributed by atoms with Gasteiger partial charge in [-0.25, -0.2) is 0 Å². The maximum absolute atomic E-state index is 9.08. The van der Waals surface area contributed by atoms with E-state index in [9.17, 15) is 0 Å². The van der Waals surface area contributed by atoms with Crippen molar-refractivity contribution in [1.82, 2.24) is 0 Å². The third kappa shape index (κ3) is 0.873. The van der Waals surface area contributed by atoms with Gasteiger partial charge in [-0.2, -0.15) is 0 Å². The zero-order chi connectivity index (χ0) is 6.15. The first-order valence-electron chi connectivity index (χ1n) is 3.40. The van der Waals surface area contributed by atoms with Crippen molar-refractivity contribution in [3.05, 3.63) is 0 Å². The summed E-state index contributed by atoms with van der Waals surface area (Å²) >= 11 is 0. The highest BCUT2D eigenvalue weighted by atomic mass is 16.3. The molecule has 0 radical (unpaired) electrons. The van der Waals surface area contributed by atoms with Gasteiger partial charge in [-0.05, 0) is 24.7 Å². The molecule has 0 aromatic carbocycles. The zero-order valence-corrected chi connectivity index (χ0v) is 5.59. The van der Waals surface area contributed by atoms with E-state index in [2.05, 4.69) is 13.8 Å². The van der Waals surface area contributed by atoms with E-state index in [0.717, 1.165) is 6.42 Å². The molecule has 0 aromatic rings. The van der Waals surface area contributed by atoms with Crippen molar-refractivity contribution in [2.75, 3.05) is 0 Å². The van der Waals surface area contributed by atoms with Gasteiger partial charge in [0.1, 0.15) is 0 Å². The highest BCUT2D eigenvalue weighted by Crippen LogP contribution is 2.33. The monoisotopic (exact) mass is 114 g/mol. The maximum atomic E-state index is 9.08. The topological polar surface area (TPSA) is 20.2 Å². The van der Waals surface area contributed by atoms with Crippen molar-refractivity contribution in [2.24, 2.45) is 11.8 Å². The molecule has 1 aliphatic rings. The van der Waals surface area contributed by atoms with Crippen LogP contribution in [0.15, 0.2) is 0 Å². The Kier molecular flexibility index (Phi) is 1.57. The normalized spacial score (nSPS) is 37.5. The van der Waals surface area contributed by atoms with E-state index in [1.54, 1.807) is 0 Å². The second-order valence-electron chi connectivity index (χ2n) is 3.05. The Morgan fingerprint density at radius 3 is 2.00 bits per heavy atom. The van der Waals surface area contributed by atoms with Gasteiger partial charge in [0.05, 0.1) is 6.10 Å². The fourth-order valence-corrected chi connectivity index (χ4v) is 1.29. The van der Waals surface area contributed by atoms with Crippen LogP contribution in [0.1, 0.15) is 26.7 Å². The lowest BCUT2D eigenvalue weighted by Gasteiger charge is -2.35. The van der Waals surface area contributed by atoms with Gasteiger partial charge in [0.15, 0.2) is 0 Å². The van der Waals surface area contributed by atoms with E-state index in [4.69, 9.17) is 5.11 Å². The first-order valence-corrected chi connectivity index (χ1v) is 3.40. The molecule has 1 N–H and O–H groups in total. The summed E-state index contributed by atoms with van der Waals surface area (Å²) in [6.07, 6.45) is 2.29. The first kappa shape index (κ1) is 6.09. The van der Waals surface area contributed by atoms with Crippen molar-refractivity contribution in [2.45, 2.75) is 32.8 Å². The quantitative estimate of drug-likeness (QED) is 0.546. The third-order valence-electron chi connectivity index (χ3n) is 2.15. The second-order valence-corrected chi connectivity index (χ2v) is 3.05. The van der Waals surface area contributed by atoms with E-state index in [1.807, 2.05) is 0 Å². The molecule has 1 fully saturated rings. The summed E-state index contributed by atoms with van der Waals surface area (Å²) in [5, 5.41) is 9.08. The van der Waals surface area contributed by atoms with E-state index < -0.39 is 0 Å². The smallest absolute Gasteiger partial charge is 0.0571 e. The summed E-state index contributed by atoms with van der Waals surface area (Å²) in [6, 6.07) is 0. The molecule has 0 spiro atoms. The molecular formula is C7H14O. The Balaban J connectivity index is 2.26. The van der Waals surface area contributed by atoms with Crippen LogP contribution >= 0.6 is 0 Å². The molecule has 1 rings (SSSR count). The summed E-state index contributed by atoms with van der Waals surface area (Å²) in [4.78, 5) is 0. The fraction of sp³-hybridized carbons (Fsp3) is 1.00. The molecule has 0 saturated heterocycles. The second kappa shape index (κ2) is 2.06. The molecule has 0 heterocycles. The van der Waals surface area contributed by atoms with Crippen LogP contribution in [0, 0.1) is 11.8 Å². The molecule has 0 aromatic heterocycles. The number of aliphatic hydroxyl groups excluding tert-OH is 1. The van der Waals surface area contributed by atoms with Gasteiger partial charge >= 0.3 is 0 Å². The van der Waals surface area contributed by atoms with Crippen LogP contribution in [-0.2, 0) is 0 Å². The summed E-state index contributed by atoms with van der Waals surface area (Å²) in [5.41, 5.74) is 0. The standard InChI is InChI=1S/C7H14O/c1-5(2)6-3-4-7(6)8/h5-8H,3-4H2,1-2H3/t6-,7+/m1/s1. The molecule has 0 bridgehead atoms. The Hall–Kier alpha value is -0.0400. The molecule has 8 heavy (non-hydrogen) atoms. The summed E-state index contributed by atoms with van der Waals surface area (Å²) in [5.74, 6) is 1.29. The number of hydrogen-bond acceptors (Lipinski definition) is 1. The molecule has 2 atom stereocenters. The minimum absolute atomic E-state index is 0.0231. The Morgan fingerprint density at radius 2 is 2.00 bits per heavy atom. The van der Waals surface area contributed by atoms with Gasteiger partial charge in [0.25, 0.3) is 0 Å². The van der Waals surface area contributed by atoms with E-state index in [-0.39, 0.29) is 6.10 Å². The minimum Gasteiger partial charge on any atom is -0.393 e. The highest BCUT2D eigenvalue weighted by molar-refractivity contribution is 4.81. The zero-order valence-electron chi connectivity index (χ0n) is 5.59. The third-order valence-corrected chi connectivity index (χ3v) is 2.15. The van der Waals surface area contributed by atoms with Gasteiger partial charge in [0, 0.05) is 0 Å². The predicted octanol–water partition coefficient (Wildman–Crippen LogP) is 1.41. The average Bonchev–Trinajstić information content (AvgIpc) is 1.61. The fourth-order valence-electron chi connectivity index (χ4n) is 1.29. The molecule has 1 saturated carbocycles. The van der Waals surface area contributed by atoms with Crippen LogP contribution in [0.3, 0.4) is 0 Å². The van der Waals surface area contributed by atoms with Crippen LogP contribution in [0.25, 0.3) is 0 Å². The largest absolute Gasteiger partial charge is 0.393 e. The van der Waals surface area contributed by atoms with E-state index in [0.29, 0.717) is 11.8 Å². The van der Waals surface area contributed by atoms with Gasteiger partial charge in [-0.1, -0.05) is 13.8 Å². The molecule has 48 valence electrons. The lowest BCUT2D eigenvalue weighted by Crippen LogP contribution is -2.34. The summed E-state index contributed by atoms with van der Waals surface area (Å²) < 4.78 is 0. The minimum atomic E-state index is 0.0231. The average molecular weight is 114 g/mol. The lowest BCUT2D eigenvalue weighted by molar-refractivity contribution is -0.00118. The predicted molar refractivity (Wildman–Crippen MR) is 33.6 cm³/mol. The van der Waals surface area contributed by atoms with Crippen molar-refractivity contribution in [3.63, 3.8) is 0 Å². The molecule has 1 heteroatoms. The van der Waals surface area contributed by atoms with Crippen molar-refractivity contribution in [1.29, 1.82) is 0 Å². The van der Waals surface area contributed by atoms with Gasteiger partial charge < -0.3 is 5.11 Å². The number of rotatable bonds is 1. The number of hydrogen-bond donors (Lipinski definition) is 1. The SMILES string of the molecule is CC(C)[C@H]1CC[C@@H]1O. The van der Waals surface area contributed by atoms with E-state index >= 15 is 0 Å². The lowest BCUT2D eigenvalue weighted by atomic mass is 9.75. The number of aliphatic hydroxyl groups is 1. The molecular weight excluding hydrogens is 100 g/mol. The van der Waals surface area contributed by atoms with Crippen LogP contribution in [0.5, 0.6) is 0 Å². The van der Waals surface area contributed by atoms with Crippen molar-refractivity contribution < 1.29 is 5.11 Å². The Bertz CT molecular complexity index is 73.7. The highest BCUT2D eigenvalue weighted by Gasteiger charge is 2.30. The van der Waals surface area contributed by atoms with Gasteiger partial charge in [0.2, 0.25) is 0 Å². The van der Waals surface area contributed by atoms with Crippen LogP contribution in [0.2, 0.25) is 0 Å². The molecule has 0 amide bonds. The van der Waals surface area contributed by atoms with Crippen LogP contribution in [-0.4, -0.2) is 11.2 Å². The van der Waals surface area contributed by atoms with E-state index in [1.165, 1.54) is 6.42 Å². The molecule has 1 nitrogen and oxygen atoms in total. The summed E-state index contributed by atoms with van der Waals surface area (Å²) in [7, 11) is 0. The summed E-state index contributed by atoms with van der Waals surface area (Å²) in [6.45, 7) is 4.35. The first-order chi connectivity index (χ1) is 3.72. The molecule has 0 aliphatic heterocycles. The van der Waals surface area contributed by atoms with Gasteiger partial charge in [-0.15, -0.1) is 0 Å².